The Labute approximate surface area is 114 Å². The first-order valence-electron chi connectivity index (χ1n) is 6.37. The molecule has 1 N–H and O–H groups in total. The van der Waals surface area contributed by atoms with Gasteiger partial charge in [0.15, 0.2) is 0 Å². The zero-order valence-corrected chi connectivity index (χ0v) is 11.8. The van der Waals surface area contributed by atoms with Crippen molar-refractivity contribution in [3.63, 3.8) is 0 Å². The van der Waals surface area contributed by atoms with E-state index in [2.05, 4.69) is 25.2 Å². The molecule has 0 atom stereocenters. The minimum absolute atomic E-state index is 0.0296. The fraction of sp³-hybridized carbons (Fsp3) is 0.467. The van der Waals surface area contributed by atoms with Crippen molar-refractivity contribution >= 4 is 11.6 Å². The molecule has 1 aromatic carbocycles. The van der Waals surface area contributed by atoms with Crippen molar-refractivity contribution in [2.45, 2.75) is 38.8 Å². The highest BCUT2D eigenvalue weighted by Gasteiger charge is 2.43. The monoisotopic (exact) mass is 257 g/mol. The van der Waals surface area contributed by atoms with Gasteiger partial charge < -0.3 is 4.90 Å². The molecule has 2 rings (SSSR count). The highest BCUT2D eigenvalue weighted by atomic mass is 16.2. The first-order valence-corrected chi connectivity index (χ1v) is 6.37. The van der Waals surface area contributed by atoms with Gasteiger partial charge in [-0.05, 0) is 45.9 Å². The number of nitriles is 1. The number of hydrogen-bond donors (Lipinski definition) is 1. The van der Waals surface area contributed by atoms with Gasteiger partial charge >= 0.3 is 0 Å². The van der Waals surface area contributed by atoms with Crippen LogP contribution in [0.15, 0.2) is 24.3 Å². The second-order valence-electron chi connectivity index (χ2n) is 6.19. The molecule has 1 fully saturated rings. The van der Waals surface area contributed by atoms with Crippen molar-refractivity contribution in [3.05, 3.63) is 29.8 Å². The van der Waals surface area contributed by atoms with Crippen molar-refractivity contribution < 1.29 is 4.79 Å². The zero-order chi connectivity index (χ0) is 14.3. The number of rotatable bonds is 1. The summed E-state index contributed by atoms with van der Waals surface area (Å²) in [5, 5.41) is 12.3. The quantitative estimate of drug-likeness (QED) is 0.837. The van der Waals surface area contributed by atoms with Crippen LogP contribution in [0.4, 0.5) is 5.69 Å². The number of piperazine rings is 1. The summed E-state index contributed by atoms with van der Waals surface area (Å²) in [6.07, 6.45) is 0. The van der Waals surface area contributed by atoms with Crippen LogP contribution in [-0.2, 0) is 4.79 Å². The topological polar surface area (TPSA) is 56.1 Å². The fourth-order valence-electron chi connectivity index (χ4n) is 2.70. The van der Waals surface area contributed by atoms with Crippen LogP contribution in [-0.4, -0.2) is 23.5 Å². The van der Waals surface area contributed by atoms with Crippen LogP contribution in [0.5, 0.6) is 0 Å². The molecule has 19 heavy (non-hydrogen) atoms. The summed E-state index contributed by atoms with van der Waals surface area (Å²) in [7, 11) is 0. The van der Waals surface area contributed by atoms with Crippen molar-refractivity contribution in [1.29, 1.82) is 5.26 Å². The van der Waals surface area contributed by atoms with E-state index in [1.54, 1.807) is 17.0 Å². The maximum absolute atomic E-state index is 12.5. The van der Waals surface area contributed by atoms with Gasteiger partial charge in [0.05, 0.1) is 17.2 Å². The minimum Gasteiger partial charge on any atom is -0.309 e. The van der Waals surface area contributed by atoms with E-state index < -0.39 is 5.54 Å². The summed E-state index contributed by atoms with van der Waals surface area (Å²) in [6, 6.07) is 9.29. The van der Waals surface area contributed by atoms with E-state index in [0.29, 0.717) is 12.1 Å². The van der Waals surface area contributed by atoms with Gasteiger partial charge in [-0.15, -0.1) is 0 Å². The van der Waals surface area contributed by atoms with Gasteiger partial charge in [0, 0.05) is 17.8 Å². The van der Waals surface area contributed by atoms with Crippen LogP contribution in [0.2, 0.25) is 0 Å². The number of nitrogens with one attached hydrogen (secondary N) is 1. The van der Waals surface area contributed by atoms with E-state index >= 15 is 0 Å². The second-order valence-corrected chi connectivity index (χ2v) is 6.19. The Morgan fingerprint density at radius 1 is 1.32 bits per heavy atom. The SMILES string of the molecule is CC1(C)CN(c2cccc(C#N)c2)C(=O)C(C)(C)N1. The highest BCUT2D eigenvalue weighted by molar-refractivity contribution is 6.01. The van der Waals surface area contributed by atoms with Crippen LogP contribution >= 0.6 is 0 Å². The molecule has 0 bridgehead atoms. The van der Waals surface area contributed by atoms with Gasteiger partial charge in [0.25, 0.3) is 0 Å². The minimum atomic E-state index is -0.607. The van der Waals surface area contributed by atoms with Gasteiger partial charge in [0.2, 0.25) is 5.91 Å². The molecule has 1 aliphatic heterocycles. The lowest BCUT2D eigenvalue weighted by Gasteiger charge is -2.47. The Morgan fingerprint density at radius 2 is 2.00 bits per heavy atom. The van der Waals surface area contributed by atoms with Crippen LogP contribution in [0.3, 0.4) is 0 Å². The number of nitrogens with zero attached hydrogens (tertiary/aromatic N) is 2. The summed E-state index contributed by atoms with van der Waals surface area (Å²) in [4.78, 5) is 14.3. The van der Waals surface area contributed by atoms with Gasteiger partial charge in [-0.2, -0.15) is 5.26 Å². The molecule has 1 amide bonds. The van der Waals surface area contributed by atoms with Gasteiger partial charge in [-0.25, -0.2) is 0 Å². The molecule has 1 aromatic rings. The molecule has 1 heterocycles. The Balaban J connectivity index is 2.42. The van der Waals surface area contributed by atoms with E-state index in [0.717, 1.165) is 5.69 Å². The van der Waals surface area contributed by atoms with Crippen LogP contribution < -0.4 is 10.2 Å². The first kappa shape index (κ1) is 13.6. The van der Waals surface area contributed by atoms with E-state index in [1.807, 2.05) is 26.0 Å². The number of benzene rings is 1. The molecule has 0 unspecified atom stereocenters. The van der Waals surface area contributed by atoms with Gasteiger partial charge in [0.1, 0.15) is 0 Å². The number of hydrogen-bond acceptors (Lipinski definition) is 3. The third-order valence-electron chi connectivity index (χ3n) is 3.27. The molecule has 1 saturated heterocycles. The lowest BCUT2D eigenvalue weighted by Crippen LogP contribution is -2.70. The smallest absolute Gasteiger partial charge is 0.246 e. The van der Waals surface area contributed by atoms with Crippen molar-refractivity contribution in [1.82, 2.24) is 5.32 Å². The van der Waals surface area contributed by atoms with Crippen molar-refractivity contribution in [2.24, 2.45) is 0 Å². The molecular weight excluding hydrogens is 238 g/mol. The maximum atomic E-state index is 12.5. The molecule has 0 radical (unpaired) electrons. The molecule has 4 heteroatoms. The lowest BCUT2D eigenvalue weighted by molar-refractivity contribution is -0.126. The first-order chi connectivity index (χ1) is 8.75. The summed E-state index contributed by atoms with van der Waals surface area (Å²) in [5.74, 6) is 0.0296. The predicted octanol–water partition coefficient (Wildman–Crippen LogP) is 2.05. The van der Waals surface area contributed by atoms with Crippen LogP contribution in [0.25, 0.3) is 0 Å². The molecule has 0 spiro atoms. The molecular formula is C15H19N3O. The van der Waals surface area contributed by atoms with Crippen molar-refractivity contribution in [2.75, 3.05) is 11.4 Å². The Kier molecular flexibility index (Phi) is 3.11. The number of carbonyl (C=O) groups excluding carboxylic acids is 1. The van der Waals surface area contributed by atoms with E-state index in [4.69, 9.17) is 5.26 Å². The normalized spacial score (nSPS) is 21.0. The predicted molar refractivity (Wildman–Crippen MR) is 74.8 cm³/mol. The fourth-order valence-corrected chi connectivity index (χ4v) is 2.70. The number of anilines is 1. The lowest BCUT2D eigenvalue weighted by atomic mass is 9.90. The third kappa shape index (κ3) is 2.61. The standard InChI is InChI=1S/C15H19N3O/c1-14(2)10-18(13(19)15(3,4)17-14)12-7-5-6-11(8-12)9-16/h5-8,17H,10H2,1-4H3. The average Bonchev–Trinajstić information content (AvgIpc) is 2.32. The van der Waals surface area contributed by atoms with E-state index in [-0.39, 0.29) is 11.4 Å². The van der Waals surface area contributed by atoms with Gasteiger partial charge in [-0.1, -0.05) is 6.07 Å². The Morgan fingerprint density at radius 3 is 2.63 bits per heavy atom. The van der Waals surface area contributed by atoms with Crippen molar-refractivity contribution in [3.8, 4) is 6.07 Å². The van der Waals surface area contributed by atoms with Crippen LogP contribution in [0.1, 0.15) is 33.3 Å². The molecule has 0 aromatic heterocycles. The summed E-state index contributed by atoms with van der Waals surface area (Å²) >= 11 is 0. The highest BCUT2D eigenvalue weighted by Crippen LogP contribution is 2.27. The maximum Gasteiger partial charge on any atom is 0.246 e. The molecule has 4 nitrogen and oxygen atoms in total. The average molecular weight is 257 g/mol. The van der Waals surface area contributed by atoms with Crippen LogP contribution in [0, 0.1) is 11.3 Å². The van der Waals surface area contributed by atoms with E-state index in [9.17, 15) is 4.79 Å². The third-order valence-corrected chi connectivity index (χ3v) is 3.27. The Hall–Kier alpha value is -1.86. The second kappa shape index (κ2) is 4.36. The molecule has 1 aliphatic rings. The number of carbonyl (C=O) groups is 1. The summed E-state index contributed by atoms with van der Waals surface area (Å²) in [5.41, 5.74) is 0.580. The van der Waals surface area contributed by atoms with Gasteiger partial charge in [-0.3, -0.25) is 10.1 Å². The zero-order valence-electron chi connectivity index (χ0n) is 11.8. The molecule has 0 aliphatic carbocycles. The Bertz CT molecular complexity index is 555. The molecule has 100 valence electrons. The summed E-state index contributed by atoms with van der Waals surface area (Å²) in [6.45, 7) is 8.50. The van der Waals surface area contributed by atoms with E-state index in [1.165, 1.54) is 0 Å². The largest absolute Gasteiger partial charge is 0.309 e. The molecule has 0 saturated carbocycles. The number of amides is 1. The summed E-state index contributed by atoms with van der Waals surface area (Å²) < 4.78 is 0.